The Kier molecular flexibility index (Phi) is 5.40. The van der Waals surface area contributed by atoms with Crippen LogP contribution in [0.1, 0.15) is 16.9 Å². The molecule has 4 aromatic rings. The van der Waals surface area contributed by atoms with E-state index in [9.17, 15) is 4.79 Å². The summed E-state index contributed by atoms with van der Waals surface area (Å²) in [7, 11) is 3.38. The summed E-state index contributed by atoms with van der Waals surface area (Å²) in [4.78, 5) is 25.5. The van der Waals surface area contributed by atoms with Gasteiger partial charge in [-0.2, -0.15) is 5.10 Å². The Balaban J connectivity index is 1.49. The highest BCUT2D eigenvalue weighted by Crippen LogP contribution is 2.41. The number of aromatic nitrogens is 4. The van der Waals surface area contributed by atoms with E-state index in [0.717, 1.165) is 40.1 Å². The van der Waals surface area contributed by atoms with Crippen molar-refractivity contribution in [3.63, 3.8) is 0 Å². The van der Waals surface area contributed by atoms with Crippen LogP contribution >= 0.6 is 11.3 Å². The molecule has 0 unspecified atom stereocenters. The van der Waals surface area contributed by atoms with Gasteiger partial charge in [0.1, 0.15) is 17.0 Å². The van der Waals surface area contributed by atoms with Crippen LogP contribution < -0.4 is 10.1 Å². The van der Waals surface area contributed by atoms with Gasteiger partial charge in [-0.15, -0.1) is 11.3 Å². The van der Waals surface area contributed by atoms with Crippen LogP contribution in [0.2, 0.25) is 0 Å². The van der Waals surface area contributed by atoms with Crippen LogP contribution in [0.15, 0.2) is 30.9 Å². The van der Waals surface area contributed by atoms with Crippen molar-refractivity contribution in [3.8, 4) is 5.75 Å². The van der Waals surface area contributed by atoms with Gasteiger partial charge in [-0.3, -0.25) is 4.79 Å². The third-order valence-electron chi connectivity index (χ3n) is 5.98. The fourth-order valence-electron chi connectivity index (χ4n) is 4.32. The summed E-state index contributed by atoms with van der Waals surface area (Å²) in [6.45, 7) is 0.333. The number of likely N-dealkylation sites (N-methyl/N-ethyl adjacent to an activating group) is 1. The van der Waals surface area contributed by atoms with Gasteiger partial charge < -0.3 is 20.1 Å². The van der Waals surface area contributed by atoms with Crippen LogP contribution in [-0.4, -0.2) is 62.8 Å². The fourth-order valence-corrected chi connectivity index (χ4v) is 5.59. The first-order valence-corrected chi connectivity index (χ1v) is 11.3. The molecule has 4 aromatic heterocycles. The molecule has 0 radical (unpaired) electrons. The number of carbonyl (C=O) groups excluding carboxylic acids is 1. The second-order valence-electron chi connectivity index (χ2n) is 7.91. The van der Waals surface area contributed by atoms with E-state index in [4.69, 9.17) is 9.84 Å². The second-order valence-corrected chi connectivity index (χ2v) is 8.99. The molecule has 2 N–H and O–H groups in total. The number of aliphatic hydroxyl groups excluding tert-OH is 1. The zero-order valence-electron chi connectivity index (χ0n) is 17.9. The number of anilines is 2. The summed E-state index contributed by atoms with van der Waals surface area (Å²) < 4.78 is 7.32. The minimum atomic E-state index is -0.0687. The Morgan fingerprint density at radius 1 is 1.44 bits per heavy atom. The highest BCUT2D eigenvalue weighted by Gasteiger charge is 2.30. The van der Waals surface area contributed by atoms with E-state index in [2.05, 4.69) is 20.4 Å². The minimum absolute atomic E-state index is 0.0255. The standard InChI is InChI=1S/C22H24N6O3S/c1-27(7-8-29)22(30)13-3-4-15-18(9-13)32-21-19(15)20(23-12-24-21)26-16-10-14-5-6-25-28(14)11-17(16)31-2/h5-6,10-13,29H,3-4,7-9H2,1-2H3,(H,23,24,26)/t13-/m0/s1. The van der Waals surface area contributed by atoms with E-state index in [1.54, 1.807) is 47.4 Å². The van der Waals surface area contributed by atoms with Crippen molar-refractivity contribution in [3.05, 3.63) is 41.3 Å². The lowest BCUT2D eigenvalue weighted by Crippen LogP contribution is -2.37. The maximum absolute atomic E-state index is 12.7. The number of rotatable bonds is 6. The maximum Gasteiger partial charge on any atom is 0.225 e. The Bertz CT molecular complexity index is 1300. The van der Waals surface area contributed by atoms with Crippen LogP contribution in [0.3, 0.4) is 0 Å². The predicted octanol–water partition coefficient (Wildman–Crippen LogP) is 2.65. The van der Waals surface area contributed by atoms with Crippen molar-refractivity contribution < 1.29 is 14.6 Å². The monoisotopic (exact) mass is 452 g/mol. The number of amides is 1. The average molecular weight is 453 g/mol. The first kappa shape index (κ1) is 20.7. The Morgan fingerprint density at radius 3 is 3.12 bits per heavy atom. The van der Waals surface area contributed by atoms with Crippen LogP contribution in [0.25, 0.3) is 15.7 Å². The summed E-state index contributed by atoms with van der Waals surface area (Å²) in [5.74, 6) is 1.41. The summed E-state index contributed by atoms with van der Waals surface area (Å²) in [5, 5.41) is 17.9. The van der Waals surface area contributed by atoms with Gasteiger partial charge in [-0.05, 0) is 37.0 Å². The average Bonchev–Trinajstić information content (AvgIpc) is 3.41. The summed E-state index contributed by atoms with van der Waals surface area (Å²) in [6.07, 6.45) is 7.39. The third-order valence-corrected chi connectivity index (χ3v) is 7.14. The van der Waals surface area contributed by atoms with Gasteiger partial charge in [0.15, 0.2) is 5.75 Å². The molecule has 1 aliphatic rings. The minimum Gasteiger partial charge on any atom is -0.493 e. The van der Waals surface area contributed by atoms with Gasteiger partial charge in [0, 0.05) is 30.6 Å². The van der Waals surface area contributed by atoms with Crippen molar-refractivity contribution in [2.75, 3.05) is 32.6 Å². The molecular weight excluding hydrogens is 428 g/mol. The molecule has 1 amide bonds. The molecule has 0 fully saturated rings. The van der Waals surface area contributed by atoms with Crippen molar-refractivity contribution in [1.29, 1.82) is 0 Å². The van der Waals surface area contributed by atoms with E-state index in [0.29, 0.717) is 18.7 Å². The van der Waals surface area contributed by atoms with Gasteiger partial charge >= 0.3 is 0 Å². The number of fused-ring (bicyclic) bond motifs is 4. The number of aryl methyl sites for hydroxylation is 1. The smallest absolute Gasteiger partial charge is 0.225 e. The number of hydrogen-bond donors (Lipinski definition) is 2. The lowest BCUT2D eigenvalue weighted by atomic mass is 9.87. The van der Waals surface area contributed by atoms with E-state index in [-0.39, 0.29) is 18.4 Å². The Morgan fingerprint density at radius 2 is 2.31 bits per heavy atom. The molecule has 0 aromatic carbocycles. The number of nitrogens with zero attached hydrogens (tertiary/aromatic N) is 5. The number of aliphatic hydroxyl groups is 1. The topological polar surface area (TPSA) is 105 Å². The lowest BCUT2D eigenvalue weighted by Gasteiger charge is -2.26. The number of carbonyl (C=O) groups is 1. The van der Waals surface area contributed by atoms with Crippen LogP contribution in [0.4, 0.5) is 11.5 Å². The lowest BCUT2D eigenvalue weighted by molar-refractivity contribution is -0.135. The zero-order chi connectivity index (χ0) is 22.2. The number of methoxy groups -OCH3 is 1. The van der Waals surface area contributed by atoms with Gasteiger partial charge in [-0.1, -0.05) is 0 Å². The predicted molar refractivity (Wildman–Crippen MR) is 123 cm³/mol. The molecule has 166 valence electrons. The Labute approximate surface area is 188 Å². The maximum atomic E-state index is 12.7. The van der Waals surface area contributed by atoms with Crippen molar-refractivity contribution in [2.24, 2.45) is 5.92 Å². The highest BCUT2D eigenvalue weighted by atomic mass is 32.1. The number of hydrogen-bond acceptors (Lipinski definition) is 8. The molecule has 9 nitrogen and oxygen atoms in total. The summed E-state index contributed by atoms with van der Waals surface area (Å²) >= 11 is 1.63. The van der Waals surface area contributed by atoms with Crippen LogP contribution in [-0.2, 0) is 17.6 Å². The molecule has 1 aliphatic carbocycles. The van der Waals surface area contributed by atoms with Crippen molar-refractivity contribution in [1.82, 2.24) is 24.5 Å². The normalized spacial score (nSPS) is 15.7. The van der Waals surface area contributed by atoms with Crippen LogP contribution in [0.5, 0.6) is 5.75 Å². The SMILES string of the molecule is COc1cn2nccc2cc1Nc1ncnc2sc3c(c12)CC[C@H](C(=O)N(C)CCO)C3. The second kappa shape index (κ2) is 8.36. The quantitative estimate of drug-likeness (QED) is 0.463. The van der Waals surface area contributed by atoms with Gasteiger partial charge in [0.05, 0.1) is 36.5 Å². The van der Waals surface area contributed by atoms with Gasteiger partial charge in [-0.25, -0.2) is 14.5 Å². The van der Waals surface area contributed by atoms with Crippen molar-refractivity contribution >= 4 is 44.5 Å². The molecule has 0 aliphatic heterocycles. The molecular formula is C22H24N6O3S. The van der Waals surface area contributed by atoms with E-state index >= 15 is 0 Å². The first-order valence-electron chi connectivity index (χ1n) is 10.5. The largest absolute Gasteiger partial charge is 0.493 e. The number of pyridine rings is 1. The Hall–Kier alpha value is -3.24. The van der Waals surface area contributed by atoms with E-state index in [1.807, 2.05) is 18.3 Å². The molecule has 1 atom stereocenters. The number of thiophene rings is 1. The first-order chi connectivity index (χ1) is 15.6. The molecule has 32 heavy (non-hydrogen) atoms. The van der Waals surface area contributed by atoms with E-state index < -0.39 is 0 Å². The molecule has 0 spiro atoms. The van der Waals surface area contributed by atoms with Crippen LogP contribution in [0, 0.1) is 5.92 Å². The fraction of sp³-hybridized carbons (Fsp3) is 0.364. The molecule has 4 heterocycles. The summed E-state index contributed by atoms with van der Waals surface area (Å²) in [6, 6.07) is 3.90. The van der Waals surface area contributed by atoms with Gasteiger partial charge in [0.2, 0.25) is 5.91 Å². The molecule has 0 saturated carbocycles. The molecule has 0 bridgehead atoms. The highest BCUT2D eigenvalue weighted by molar-refractivity contribution is 7.19. The summed E-state index contributed by atoms with van der Waals surface area (Å²) in [5.41, 5.74) is 2.96. The van der Waals surface area contributed by atoms with Crippen molar-refractivity contribution in [2.45, 2.75) is 19.3 Å². The van der Waals surface area contributed by atoms with Gasteiger partial charge in [0.25, 0.3) is 0 Å². The zero-order valence-corrected chi connectivity index (χ0v) is 18.7. The molecule has 5 rings (SSSR count). The number of ether oxygens (including phenoxy) is 1. The molecule has 10 heteroatoms. The third kappa shape index (κ3) is 3.55. The number of nitrogens with one attached hydrogen (secondary N) is 1. The van der Waals surface area contributed by atoms with E-state index in [1.165, 1.54) is 10.4 Å². The molecule has 0 saturated heterocycles.